The number of pyridine rings is 1. The van der Waals surface area contributed by atoms with Gasteiger partial charge in [0.1, 0.15) is 23.2 Å². The van der Waals surface area contributed by atoms with E-state index in [1.165, 1.54) is 10.9 Å². The van der Waals surface area contributed by atoms with E-state index in [0.717, 1.165) is 21.7 Å². The standard InChI is InChI=1S/C33H27N5O6/c1-41-16-14-37(15-17-42-2)32-34-19-35-33(36-32)43-21-7-5-6-20(18-21)38-30(39)24-11-10-23-22-8-3-4-9-26(22)44-27-13-12-25(31(38)40)28(24)29(23)27/h3-13,18-19H,14-17H2,1-2H3. The zero-order chi connectivity index (χ0) is 30.2. The Hall–Kier alpha value is -5.39. The molecule has 3 heterocycles. The van der Waals surface area contributed by atoms with Gasteiger partial charge in [-0.1, -0.05) is 30.3 Å². The van der Waals surface area contributed by atoms with Gasteiger partial charge in [0, 0.05) is 60.3 Å². The van der Waals surface area contributed by atoms with Gasteiger partial charge in [0.05, 0.1) is 18.9 Å². The molecular formula is C33H27N5O6. The maximum atomic E-state index is 13.9. The van der Waals surface area contributed by atoms with Gasteiger partial charge >= 0.3 is 6.01 Å². The molecule has 0 unspecified atom stereocenters. The molecule has 7 rings (SSSR count). The van der Waals surface area contributed by atoms with Crippen molar-refractivity contribution in [2.75, 3.05) is 45.4 Å². The molecule has 0 aliphatic rings. The Labute approximate surface area is 250 Å². The largest absolute Gasteiger partial charge is 0.456 e. The van der Waals surface area contributed by atoms with Crippen molar-refractivity contribution < 1.29 is 18.6 Å². The lowest BCUT2D eigenvalue weighted by Gasteiger charge is -2.21. The molecule has 0 amide bonds. The van der Waals surface area contributed by atoms with Crippen molar-refractivity contribution in [1.29, 1.82) is 0 Å². The SMILES string of the molecule is COCCN(CCOC)c1ncnc(Oc2cccc(-n3c(=O)c4ccc5oc6ccccc6c6ccc(c3=O)c4c56)c2)n1. The molecule has 0 fully saturated rings. The second-order valence-electron chi connectivity index (χ2n) is 10.2. The average molecular weight is 590 g/mol. The van der Waals surface area contributed by atoms with Gasteiger partial charge in [-0.15, -0.1) is 0 Å². The highest BCUT2D eigenvalue weighted by Crippen LogP contribution is 2.36. The summed E-state index contributed by atoms with van der Waals surface area (Å²) in [6.07, 6.45) is 1.36. The quantitative estimate of drug-likeness (QED) is 0.161. The molecule has 0 radical (unpaired) electrons. The molecule has 0 atom stereocenters. The minimum absolute atomic E-state index is 0.0631. The van der Waals surface area contributed by atoms with Gasteiger partial charge in [0.25, 0.3) is 11.1 Å². The molecule has 0 spiro atoms. The third-order valence-electron chi connectivity index (χ3n) is 7.62. The van der Waals surface area contributed by atoms with Crippen molar-refractivity contribution in [3.8, 4) is 17.4 Å². The number of hydrogen-bond donors (Lipinski definition) is 0. The Morgan fingerprint density at radius 1 is 0.750 bits per heavy atom. The number of ether oxygens (including phenoxy) is 3. The predicted octanol–water partition coefficient (Wildman–Crippen LogP) is 4.92. The van der Waals surface area contributed by atoms with Crippen LogP contribution in [0.2, 0.25) is 0 Å². The fourth-order valence-corrected chi connectivity index (χ4v) is 5.58. The van der Waals surface area contributed by atoms with Crippen molar-refractivity contribution in [2.45, 2.75) is 0 Å². The Morgan fingerprint density at radius 2 is 1.48 bits per heavy atom. The van der Waals surface area contributed by atoms with Crippen molar-refractivity contribution in [1.82, 2.24) is 19.5 Å². The van der Waals surface area contributed by atoms with Crippen LogP contribution in [0.1, 0.15) is 0 Å². The van der Waals surface area contributed by atoms with Crippen LogP contribution in [0.3, 0.4) is 0 Å². The van der Waals surface area contributed by atoms with Crippen LogP contribution >= 0.6 is 0 Å². The molecule has 11 nitrogen and oxygen atoms in total. The van der Waals surface area contributed by atoms with Gasteiger partial charge in [0.15, 0.2) is 0 Å². The van der Waals surface area contributed by atoms with Crippen molar-refractivity contribution in [2.24, 2.45) is 0 Å². The minimum Gasteiger partial charge on any atom is -0.456 e. The highest BCUT2D eigenvalue weighted by molar-refractivity contribution is 6.26. The molecule has 44 heavy (non-hydrogen) atoms. The molecule has 0 N–H and O–H groups in total. The van der Waals surface area contributed by atoms with E-state index < -0.39 is 11.1 Å². The molecule has 0 saturated heterocycles. The monoisotopic (exact) mass is 589 g/mol. The summed E-state index contributed by atoms with van der Waals surface area (Å²) in [4.78, 5) is 42.6. The lowest BCUT2D eigenvalue weighted by molar-refractivity contribution is 0.189. The van der Waals surface area contributed by atoms with Crippen molar-refractivity contribution in [3.63, 3.8) is 0 Å². The number of methoxy groups -OCH3 is 2. The average Bonchev–Trinajstić information content (AvgIpc) is 3.05. The lowest BCUT2D eigenvalue weighted by Crippen LogP contribution is -2.32. The number of anilines is 1. The minimum atomic E-state index is -0.434. The third kappa shape index (κ3) is 4.68. The summed E-state index contributed by atoms with van der Waals surface area (Å²) in [5.74, 6) is 0.756. The number of hydrogen-bond acceptors (Lipinski definition) is 10. The highest BCUT2D eigenvalue weighted by Gasteiger charge is 2.20. The number of fused-ring (bicyclic) bond motifs is 2. The van der Waals surface area contributed by atoms with E-state index in [0.29, 0.717) is 65.4 Å². The Morgan fingerprint density at radius 3 is 2.25 bits per heavy atom. The summed E-state index contributed by atoms with van der Waals surface area (Å²) >= 11 is 0. The van der Waals surface area contributed by atoms with Crippen LogP contribution in [0, 0.1) is 0 Å². The van der Waals surface area contributed by atoms with Crippen molar-refractivity contribution in [3.05, 3.63) is 99.8 Å². The first-order chi connectivity index (χ1) is 21.6. The molecule has 4 aromatic carbocycles. The number of para-hydroxylation sites is 1. The van der Waals surface area contributed by atoms with E-state index >= 15 is 0 Å². The van der Waals surface area contributed by atoms with E-state index in [1.807, 2.05) is 35.2 Å². The number of rotatable bonds is 10. The van der Waals surface area contributed by atoms with Crippen LogP contribution < -0.4 is 20.8 Å². The molecule has 0 aliphatic heterocycles. The van der Waals surface area contributed by atoms with E-state index in [1.54, 1.807) is 56.7 Å². The van der Waals surface area contributed by atoms with Crippen LogP contribution in [0.5, 0.6) is 11.8 Å². The molecule has 7 aromatic rings. The second-order valence-corrected chi connectivity index (χ2v) is 10.2. The van der Waals surface area contributed by atoms with Gasteiger partial charge < -0.3 is 23.5 Å². The second kappa shape index (κ2) is 11.4. The smallest absolute Gasteiger partial charge is 0.326 e. The Kier molecular flexibility index (Phi) is 7.09. The molecule has 0 aliphatic carbocycles. The summed E-state index contributed by atoms with van der Waals surface area (Å²) in [6, 6.07) is 21.7. The molecule has 0 saturated carbocycles. The molecular weight excluding hydrogens is 562 g/mol. The summed E-state index contributed by atoms with van der Waals surface area (Å²) < 4.78 is 23.7. The van der Waals surface area contributed by atoms with Gasteiger partial charge in [-0.2, -0.15) is 9.97 Å². The van der Waals surface area contributed by atoms with E-state index in [-0.39, 0.29) is 6.01 Å². The van der Waals surface area contributed by atoms with Crippen LogP contribution in [0.4, 0.5) is 5.95 Å². The maximum Gasteiger partial charge on any atom is 0.326 e. The zero-order valence-electron chi connectivity index (χ0n) is 24.0. The van der Waals surface area contributed by atoms with E-state index in [2.05, 4.69) is 15.0 Å². The Bertz CT molecular complexity index is 2220. The van der Waals surface area contributed by atoms with Gasteiger partial charge in [0.2, 0.25) is 5.95 Å². The molecule has 0 bridgehead atoms. The maximum absolute atomic E-state index is 13.9. The Balaban J connectivity index is 1.29. The van der Waals surface area contributed by atoms with Crippen molar-refractivity contribution >= 4 is 49.4 Å². The summed E-state index contributed by atoms with van der Waals surface area (Å²) in [6.45, 7) is 2.05. The summed E-state index contributed by atoms with van der Waals surface area (Å²) in [7, 11) is 3.25. The fourth-order valence-electron chi connectivity index (χ4n) is 5.58. The number of benzene rings is 4. The fraction of sp³-hybridized carbons (Fsp3) is 0.182. The van der Waals surface area contributed by atoms with E-state index in [9.17, 15) is 9.59 Å². The summed E-state index contributed by atoms with van der Waals surface area (Å²) in [5, 5.41) is 4.03. The molecule has 11 heteroatoms. The first-order valence-corrected chi connectivity index (χ1v) is 14.0. The molecule has 3 aromatic heterocycles. The topological polar surface area (TPSA) is 122 Å². The first-order valence-electron chi connectivity index (χ1n) is 14.0. The van der Waals surface area contributed by atoms with Gasteiger partial charge in [-0.25, -0.2) is 9.55 Å². The van der Waals surface area contributed by atoms with Crippen LogP contribution in [-0.4, -0.2) is 60.0 Å². The number of nitrogens with zero attached hydrogens (tertiary/aromatic N) is 5. The zero-order valence-corrected chi connectivity index (χ0v) is 24.0. The third-order valence-corrected chi connectivity index (χ3v) is 7.62. The van der Waals surface area contributed by atoms with Gasteiger partial charge in [-0.05, 0) is 41.8 Å². The van der Waals surface area contributed by atoms with Crippen LogP contribution in [0.15, 0.2) is 93.1 Å². The first kappa shape index (κ1) is 27.4. The van der Waals surface area contributed by atoms with Crippen LogP contribution in [-0.2, 0) is 9.47 Å². The van der Waals surface area contributed by atoms with Crippen LogP contribution in [0.25, 0.3) is 49.2 Å². The highest BCUT2D eigenvalue weighted by atomic mass is 16.5. The molecule has 220 valence electrons. The van der Waals surface area contributed by atoms with Gasteiger partial charge in [-0.3, -0.25) is 9.59 Å². The lowest BCUT2D eigenvalue weighted by atomic mass is 9.96. The predicted molar refractivity (Wildman–Crippen MR) is 168 cm³/mol. The number of aromatic nitrogens is 4. The summed E-state index contributed by atoms with van der Waals surface area (Å²) in [5.41, 5.74) is 0.837. The van der Waals surface area contributed by atoms with E-state index in [4.69, 9.17) is 18.6 Å². The normalized spacial score (nSPS) is 11.7.